The number of carbonyl (C=O) groups excluding carboxylic acids is 2. The van der Waals surface area contributed by atoms with Crippen LogP contribution in [0, 0.1) is 6.92 Å². The highest BCUT2D eigenvalue weighted by Gasteiger charge is 2.08. The number of ketones is 1. The Bertz CT molecular complexity index is 315. The van der Waals surface area contributed by atoms with Crippen molar-refractivity contribution in [1.29, 1.82) is 0 Å². The first-order chi connectivity index (χ1) is 5.66. The molecule has 0 unspecified atom stereocenters. The molecule has 0 saturated carbocycles. The van der Waals surface area contributed by atoms with Crippen molar-refractivity contribution in [3.05, 3.63) is 17.5 Å². The summed E-state index contributed by atoms with van der Waals surface area (Å²) < 4.78 is 1.50. The number of rotatable bonds is 3. The second-order valence-electron chi connectivity index (χ2n) is 2.55. The molecule has 0 amide bonds. The third kappa shape index (κ3) is 1.42. The molecule has 0 aliphatic rings. The molecule has 0 aliphatic carbocycles. The molecule has 0 aliphatic heterocycles. The summed E-state index contributed by atoms with van der Waals surface area (Å²) in [6.45, 7) is 3.46. The van der Waals surface area contributed by atoms with Crippen LogP contribution in [-0.2, 0) is 11.3 Å². The highest BCUT2D eigenvalue weighted by molar-refractivity contribution is 5.94. The van der Waals surface area contributed by atoms with E-state index in [4.69, 9.17) is 0 Å². The molecule has 0 saturated heterocycles. The van der Waals surface area contributed by atoms with Gasteiger partial charge in [0.25, 0.3) is 0 Å². The van der Waals surface area contributed by atoms with Gasteiger partial charge in [-0.25, -0.2) is 0 Å². The zero-order chi connectivity index (χ0) is 9.14. The predicted molar refractivity (Wildman–Crippen MR) is 43.0 cm³/mol. The highest BCUT2D eigenvalue weighted by atomic mass is 16.1. The molecule has 0 fully saturated rings. The standard InChI is InChI=1S/C8H10N2O2/c1-6-8(7(2)12)5-9-10(6)3-4-11/h4-5H,3H2,1-2H3. The Kier molecular flexibility index (Phi) is 2.38. The van der Waals surface area contributed by atoms with Gasteiger partial charge in [-0.3, -0.25) is 9.48 Å². The Morgan fingerprint density at radius 3 is 2.83 bits per heavy atom. The lowest BCUT2D eigenvalue weighted by molar-refractivity contribution is -0.108. The van der Waals surface area contributed by atoms with Crippen LogP contribution >= 0.6 is 0 Å². The van der Waals surface area contributed by atoms with Gasteiger partial charge in [-0.2, -0.15) is 5.10 Å². The van der Waals surface area contributed by atoms with Crippen LogP contribution in [0.1, 0.15) is 23.0 Å². The molecular weight excluding hydrogens is 156 g/mol. The van der Waals surface area contributed by atoms with Crippen molar-refractivity contribution in [2.45, 2.75) is 20.4 Å². The van der Waals surface area contributed by atoms with E-state index in [2.05, 4.69) is 5.10 Å². The van der Waals surface area contributed by atoms with Gasteiger partial charge in [0, 0.05) is 5.69 Å². The van der Waals surface area contributed by atoms with Gasteiger partial charge in [0.05, 0.1) is 18.3 Å². The molecule has 1 heterocycles. The largest absolute Gasteiger partial charge is 0.301 e. The molecular formula is C8H10N2O2. The van der Waals surface area contributed by atoms with Crippen LogP contribution in [0.5, 0.6) is 0 Å². The van der Waals surface area contributed by atoms with Gasteiger partial charge in [-0.05, 0) is 13.8 Å². The average Bonchev–Trinajstić information content (AvgIpc) is 2.34. The smallest absolute Gasteiger partial charge is 0.163 e. The van der Waals surface area contributed by atoms with Gasteiger partial charge in [0.15, 0.2) is 5.78 Å². The summed E-state index contributed by atoms with van der Waals surface area (Å²) in [5.41, 5.74) is 1.33. The summed E-state index contributed by atoms with van der Waals surface area (Å²) in [6.07, 6.45) is 2.24. The van der Waals surface area contributed by atoms with E-state index in [0.717, 1.165) is 12.0 Å². The number of aromatic nitrogens is 2. The molecule has 0 atom stereocenters. The molecule has 1 aromatic heterocycles. The van der Waals surface area contributed by atoms with Gasteiger partial charge in [0.2, 0.25) is 0 Å². The molecule has 4 nitrogen and oxygen atoms in total. The molecule has 12 heavy (non-hydrogen) atoms. The normalized spacial score (nSPS) is 9.83. The molecule has 0 radical (unpaired) electrons. The third-order valence-corrected chi connectivity index (χ3v) is 1.73. The summed E-state index contributed by atoms with van der Waals surface area (Å²) in [5.74, 6) is -0.0235. The molecule has 0 N–H and O–H groups in total. The van der Waals surface area contributed by atoms with Gasteiger partial charge in [0.1, 0.15) is 6.29 Å². The first-order valence-corrected chi connectivity index (χ1v) is 3.63. The monoisotopic (exact) mass is 166 g/mol. The maximum atomic E-state index is 10.9. The van der Waals surface area contributed by atoms with Gasteiger partial charge < -0.3 is 4.79 Å². The summed E-state index contributed by atoms with van der Waals surface area (Å²) in [4.78, 5) is 21.1. The quantitative estimate of drug-likeness (QED) is 0.488. The SMILES string of the molecule is CC(=O)c1cnn(CC=O)c1C. The molecule has 1 rings (SSSR count). The number of aldehydes is 1. The maximum absolute atomic E-state index is 10.9. The van der Waals surface area contributed by atoms with Crippen LogP contribution in [0.2, 0.25) is 0 Å². The van der Waals surface area contributed by atoms with Crippen molar-refractivity contribution in [1.82, 2.24) is 9.78 Å². The summed E-state index contributed by atoms with van der Waals surface area (Å²) in [5, 5.41) is 3.89. The Hall–Kier alpha value is -1.45. The predicted octanol–water partition coefficient (Wildman–Crippen LogP) is 0.593. The zero-order valence-electron chi connectivity index (χ0n) is 7.07. The van der Waals surface area contributed by atoms with Crippen molar-refractivity contribution >= 4 is 12.1 Å². The topological polar surface area (TPSA) is 52.0 Å². The molecule has 0 spiro atoms. The van der Waals surface area contributed by atoms with Crippen LogP contribution in [0.4, 0.5) is 0 Å². The van der Waals surface area contributed by atoms with E-state index in [0.29, 0.717) is 5.56 Å². The highest BCUT2D eigenvalue weighted by Crippen LogP contribution is 2.06. The fourth-order valence-corrected chi connectivity index (χ4v) is 1.05. The molecule has 64 valence electrons. The fraction of sp³-hybridized carbons (Fsp3) is 0.375. The van der Waals surface area contributed by atoms with E-state index in [1.807, 2.05) is 0 Å². The second-order valence-corrected chi connectivity index (χ2v) is 2.55. The Balaban J connectivity index is 3.03. The first kappa shape index (κ1) is 8.64. The minimum absolute atomic E-state index is 0.0235. The van der Waals surface area contributed by atoms with Gasteiger partial charge in [-0.1, -0.05) is 0 Å². The molecule has 0 aromatic carbocycles. The van der Waals surface area contributed by atoms with Crippen LogP contribution in [0.25, 0.3) is 0 Å². The molecule has 0 bridgehead atoms. The van der Waals surface area contributed by atoms with E-state index in [1.165, 1.54) is 17.8 Å². The van der Waals surface area contributed by atoms with E-state index in [1.54, 1.807) is 6.92 Å². The van der Waals surface area contributed by atoms with Gasteiger partial charge >= 0.3 is 0 Å². The van der Waals surface area contributed by atoms with E-state index in [-0.39, 0.29) is 12.3 Å². The number of hydrogen-bond acceptors (Lipinski definition) is 3. The maximum Gasteiger partial charge on any atom is 0.163 e. The van der Waals surface area contributed by atoms with Crippen LogP contribution in [0.3, 0.4) is 0 Å². The summed E-state index contributed by atoms with van der Waals surface area (Å²) in [6, 6.07) is 0. The average molecular weight is 166 g/mol. The van der Waals surface area contributed by atoms with E-state index in [9.17, 15) is 9.59 Å². The number of Topliss-reactive ketones (excluding diaryl/α,β-unsaturated/α-hetero) is 1. The van der Waals surface area contributed by atoms with Crippen molar-refractivity contribution < 1.29 is 9.59 Å². The van der Waals surface area contributed by atoms with E-state index < -0.39 is 0 Å². The number of hydrogen-bond donors (Lipinski definition) is 0. The van der Waals surface area contributed by atoms with Gasteiger partial charge in [-0.15, -0.1) is 0 Å². The Morgan fingerprint density at radius 2 is 2.42 bits per heavy atom. The van der Waals surface area contributed by atoms with E-state index >= 15 is 0 Å². The Morgan fingerprint density at radius 1 is 1.75 bits per heavy atom. The lowest BCUT2D eigenvalue weighted by Crippen LogP contribution is -2.04. The van der Waals surface area contributed by atoms with Crippen LogP contribution in [0.15, 0.2) is 6.20 Å². The second kappa shape index (κ2) is 3.30. The first-order valence-electron chi connectivity index (χ1n) is 3.63. The summed E-state index contributed by atoms with van der Waals surface area (Å²) >= 11 is 0. The Labute approximate surface area is 70.2 Å². The molecule has 1 aromatic rings. The van der Waals surface area contributed by atoms with Crippen molar-refractivity contribution in [3.63, 3.8) is 0 Å². The van der Waals surface area contributed by atoms with Crippen molar-refractivity contribution in [2.24, 2.45) is 0 Å². The minimum atomic E-state index is -0.0235. The minimum Gasteiger partial charge on any atom is -0.301 e. The summed E-state index contributed by atoms with van der Waals surface area (Å²) in [7, 11) is 0. The van der Waals surface area contributed by atoms with Crippen LogP contribution in [-0.4, -0.2) is 21.8 Å². The fourth-order valence-electron chi connectivity index (χ4n) is 1.05. The lowest BCUT2D eigenvalue weighted by atomic mass is 10.2. The van der Waals surface area contributed by atoms with Crippen LogP contribution < -0.4 is 0 Å². The zero-order valence-corrected chi connectivity index (χ0v) is 7.07. The van der Waals surface area contributed by atoms with Crippen molar-refractivity contribution in [2.75, 3.05) is 0 Å². The lowest BCUT2D eigenvalue weighted by Gasteiger charge is -1.97. The van der Waals surface area contributed by atoms with Crippen molar-refractivity contribution in [3.8, 4) is 0 Å². The molecule has 4 heteroatoms. The third-order valence-electron chi connectivity index (χ3n) is 1.73. The number of nitrogens with zero attached hydrogens (tertiary/aromatic N) is 2. The number of carbonyl (C=O) groups is 2.